The Morgan fingerprint density at radius 3 is 2.80 bits per heavy atom. The first kappa shape index (κ1) is 11.3. The van der Waals surface area contributed by atoms with Gasteiger partial charge in [0.05, 0.1) is 14.0 Å². The summed E-state index contributed by atoms with van der Waals surface area (Å²) in [6.45, 7) is 0. The van der Waals surface area contributed by atoms with Crippen LogP contribution in [0, 0.1) is 0 Å². The number of alkyl halides is 1. The molecule has 0 aliphatic carbocycles. The van der Waals surface area contributed by atoms with Crippen molar-refractivity contribution in [2.75, 3.05) is 0 Å². The Hall–Kier alpha value is -0.220. The van der Waals surface area contributed by atoms with Gasteiger partial charge in [0.25, 0.3) is 0 Å². The lowest BCUT2D eigenvalue weighted by atomic mass is 10.2. The van der Waals surface area contributed by atoms with Crippen molar-refractivity contribution in [3.63, 3.8) is 0 Å². The Labute approximate surface area is 106 Å². The highest BCUT2D eigenvalue weighted by Crippen LogP contribution is 2.38. The van der Waals surface area contributed by atoms with Gasteiger partial charge < -0.3 is 4.98 Å². The van der Waals surface area contributed by atoms with E-state index in [1.54, 1.807) is 18.5 Å². The molecule has 2 heterocycles. The van der Waals surface area contributed by atoms with Crippen molar-refractivity contribution in [2.45, 2.75) is 11.8 Å². The molecule has 15 heavy (non-hydrogen) atoms. The van der Waals surface area contributed by atoms with Gasteiger partial charge in [-0.25, -0.2) is 4.98 Å². The third kappa shape index (κ3) is 2.67. The Bertz CT molecular complexity index is 438. The van der Waals surface area contributed by atoms with E-state index in [2.05, 4.69) is 9.97 Å². The molecule has 2 aromatic rings. The third-order valence-corrected chi connectivity index (χ3v) is 3.86. The lowest BCUT2D eigenvalue weighted by Crippen LogP contribution is -1.96. The first-order chi connectivity index (χ1) is 7.16. The predicted molar refractivity (Wildman–Crippen MR) is 65.2 cm³/mol. The van der Waals surface area contributed by atoms with E-state index in [4.69, 9.17) is 34.8 Å². The molecule has 1 unspecified atom stereocenters. The summed E-state index contributed by atoms with van der Waals surface area (Å²) in [5, 5.41) is -0.201. The summed E-state index contributed by atoms with van der Waals surface area (Å²) in [5.74, 6) is 0.841. The van der Waals surface area contributed by atoms with Crippen molar-refractivity contribution >= 4 is 46.1 Å². The van der Waals surface area contributed by atoms with E-state index >= 15 is 0 Å². The maximum atomic E-state index is 6.22. The molecule has 80 valence electrons. The van der Waals surface area contributed by atoms with Gasteiger partial charge in [0.15, 0.2) is 0 Å². The molecule has 1 atom stereocenters. The van der Waals surface area contributed by atoms with Gasteiger partial charge in [-0.3, -0.25) is 0 Å². The molecule has 0 bridgehead atoms. The zero-order valence-corrected chi connectivity index (χ0v) is 10.6. The van der Waals surface area contributed by atoms with Gasteiger partial charge in [0.2, 0.25) is 0 Å². The van der Waals surface area contributed by atoms with Gasteiger partial charge in [0, 0.05) is 24.4 Å². The van der Waals surface area contributed by atoms with Crippen LogP contribution in [0.5, 0.6) is 0 Å². The van der Waals surface area contributed by atoms with Crippen molar-refractivity contribution in [3.05, 3.63) is 38.5 Å². The zero-order valence-electron chi connectivity index (χ0n) is 7.51. The van der Waals surface area contributed by atoms with Crippen LogP contribution < -0.4 is 0 Å². The minimum atomic E-state index is -0.201. The van der Waals surface area contributed by atoms with Crippen molar-refractivity contribution in [3.8, 4) is 0 Å². The second-order valence-electron chi connectivity index (χ2n) is 2.99. The molecular formula is C9H7Cl3N2S. The van der Waals surface area contributed by atoms with Crippen molar-refractivity contribution in [1.29, 1.82) is 0 Å². The second-order valence-corrected chi connectivity index (χ2v) is 5.80. The molecule has 6 heteroatoms. The molecule has 0 aliphatic heterocycles. The van der Waals surface area contributed by atoms with Crippen LogP contribution in [0.2, 0.25) is 8.67 Å². The van der Waals surface area contributed by atoms with Crippen molar-refractivity contribution in [2.24, 2.45) is 0 Å². The summed E-state index contributed by atoms with van der Waals surface area (Å²) >= 11 is 19.4. The van der Waals surface area contributed by atoms with Gasteiger partial charge in [-0.05, 0) is 6.07 Å². The summed E-state index contributed by atoms with van der Waals surface area (Å²) in [6.07, 6.45) is 4.07. The number of aromatic nitrogens is 2. The number of H-pyrrole nitrogens is 1. The summed E-state index contributed by atoms with van der Waals surface area (Å²) in [7, 11) is 0. The summed E-state index contributed by atoms with van der Waals surface area (Å²) in [6, 6.07) is 1.80. The average molecular weight is 282 g/mol. The monoisotopic (exact) mass is 280 g/mol. The molecule has 0 aliphatic rings. The normalized spacial score (nSPS) is 13.0. The summed E-state index contributed by atoms with van der Waals surface area (Å²) < 4.78 is 1.30. The number of imidazole rings is 1. The smallest absolute Gasteiger partial charge is 0.107 e. The Kier molecular flexibility index (Phi) is 3.57. The fraction of sp³-hybridized carbons (Fsp3) is 0.222. The highest BCUT2D eigenvalue weighted by Gasteiger charge is 2.16. The lowest BCUT2D eigenvalue weighted by Gasteiger charge is -2.05. The molecule has 0 amide bonds. The maximum absolute atomic E-state index is 6.22. The molecule has 0 saturated heterocycles. The fourth-order valence-electron chi connectivity index (χ4n) is 1.26. The molecule has 2 aromatic heterocycles. The average Bonchev–Trinajstić information content (AvgIpc) is 2.75. The number of halogens is 3. The van der Waals surface area contributed by atoms with E-state index in [0.29, 0.717) is 15.1 Å². The fourth-order valence-corrected chi connectivity index (χ4v) is 3.27. The van der Waals surface area contributed by atoms with Crippen LogP contribution in [0.3, 0.4) is 0 Å². The van der Waals surface area contributed by atoms with Crippen LogP contribution in [-0.2, 0) is 6.42 Å². The van der Waals surface area contributed by atoms with E-state index in [-0.39, 0.29) is 5.38 Å². The Morgan fingerprint density at radius 1 is 1.47 bits per heavy atom. The van der Waals surface area contributed by atoms with Crippen LogP contribution >= 0.6 is 46.1 Å². The summed E-state index contributed by atoms with van der Waals surface area (Å²) in [5.41, 5.74) is 0.865. The third-order valence-electron chi connectivity index (χ3n) is 1.95. The quantitative estimate of drug-likeness (QED) is 0.835. The standard InChI is InChI=1S/C9H7Cl3N2S/c10-6(4-8-13-1-2-14-8)5-3-7(11)15-9(5)12/h1-3,6H,4H2,(H,13,14). The topological polar surface area (TPSA) is 28.7 Å². The molecule has 2 nitrogen and oxygen atoms in total. The van der Waals surface area contributed by atoms with Gasteiger partial charge in [-0.2, -0.15) is 0 Å². The highest BCUT2D eigenvalue weighted by molar-refractivity contribution is 7.20. The summed E-state index contributed by atoms with van der Waals surface area (Å²) in [4.78, 5) is 7.10. The number of rotatable bonds is 3. The van der Waals surface area contributed by atoms with Crippen LogP contribution in [0.1, 0.15) is 16.8 Å². The van der Waals surface area contributed by atoms with Crippen LogP contribution in [0.4, 0.5) is 0 Å². The van der Waals surface area contributed by atoms with Crippen LogP contribution in [-0.4, -0.2) is 9.97 Å². The Balaban J connectivity index is 2.14. The van der Waals surface area contributed by atoms with E-state index in [1.807, 2.05) is 0 Å². The molecule has 2 rings (SSSR count). The van der Waals surface area contributed by atoms with E-state index in [0.717, 1.165) is 11.4 Å². The molecule has 0 fully saturated rings. The number of thiophene rings is 1. The molecular weight excluding hydrogens is 275 g/mol. The van der Waals surface area contributed by atoms with Crippen molar-refractivity contribution in [1.82, 2.24) is 9.97 Å². The largest absolute Gasteiger partial charge is 0.349 e. The molecule has 0 radical (unpaired) electrons. The lowest BCUT2D eigenvalue weighted by molar-refractivity contribution is 0.858. The van der Waals surface area contributed by atoms with E-state index < -0.39 is 0 Å². The molecule has 0 spiro atoms. The Morgan fingerprint density at radius 2 is 2.27 bits per heavy atom. The van der Waals surface area contributed by atoms with Gasteiger partial charge in [0.1, 0.15) is 5.82 Å². The maximum Gasteiger partial charge on any atom is 0.107 e. The number of nitrogens with zero attached hydrogens (tertiary/aromatic N) is 1. The minimum Gasteiger partial charge on any atom is -0.349 e. The number of nitrogens with one attached hydrogen (secondary N) is 1. The predicted octanol–water partition coefficient (Wildman–Crippen LogP) is 4.30. The number of hydrogen-bond acceptors (Lipinski definition) is 2. The zero-order chi connectivity index (χ0) is 10.8. The van der Waals surface area contributed by atoms with Gasteiger partial charge >= 0.3 is 0 Å². The minimum absolute atomic E-state index is 0.201. The number of aromatic amines is 1. The van der Waals surface area contributed by atoms with Crippen molar-refractivity contribution < 1.29 is 0 Å². The molecule has 1 N–H and O–H groups in total. The molecule has 0 aromatic carbocycles. The van der Waals surface area contributed by atoms with Crippen LogP contribution in [0.25, 0.3) is 0 Å². The second kappa shape index (κ2) is 4.74. The highest BCUT2D eigenvalue weighted by atomic mass is 35.5. The molecule has 0 saturated carbocycles. The van der Waals surface area contributed by atoms with Gasteiger partial charge in [-0.1, -0.05) is 23.2 Å². The first-order valence-electron chi connectivity index (χ1n) is 4.24. The number of hydrogen-bond donors (Lipinski definition) is 1. The first-order valence-corrected chi connectivity index (χ1v) is 6.24. The van der Waals surface area contributed by atoms with Gasteiger partial charge in [-0.15, -0.1) is 22.9 Å². The van der Waals surface area contributed by atoms with Crippen LogP contribution in [0.15, 0.2) is 18.5 Å². The van der Waals surface area contributed by atoms with E-state index in [1.165, 1.54) is 11.3 Å². The van der Waals surface area contributed by atoms with E-state index in [9.17, 15) is 0 Å². The SMILES string of the molecule is Clc1cc(C(Cl)Cc2ncc[nH]2)c(Cl)s1.